The molecule has 0 spiro atoms. The Balaban J connectivity index is 2.49. The highest BCUT2D eigenvalue weighted by molar-refractivity contribution is 5.92. The monoisotopic (exact) mass is 223 g/mol. The molecule has 0 heterocycles. The van der Waals surface area contributed by atoms with E-state index in [4.69, 9.17) is 4.74 Å². The molecule has 1 aromatic carbocycles. The van der Waals surface area contributed by atoms with Crippen LogP contribution in [0.2, 0.25) is 0 Å². The lowest BCUT2D eigenvalue weighted by Crippen LogP contribution is -2.19. The second kappa shape index (κ2) is 6.12. The topological polar surface area (TPSA) is 58.6 Å². The smallest absolute Gasteiger partial charge is 0.250 e. The number of amides is 1. The van der Waals surface area contributed by atoms with Gasteiger partial charge in [0.15, 0.2) is 0 Å². The number of aromatic hydroxyl groups is 1. The molecule has 0 fully saturated rings. The van der Waals surface area contributed by atoms with Gasteiger partial charge in [-0.1, -0.05) is 6.92 Å². The van der Waals surface area contributed by atoms with E-state index in [1.165, 1.54) is 6.07 Å². The van der Waals surface area contributed by atoms with Gasteiger partial charge in [0, 0.05) is 12.3 Å². The van der Waals surface area contributed by atoms with Crippen LogP contribution >= 0.6 is 0 Å². The van der Waals surface area contributed by atoms with Gasteiger partial charge in [-0.25, -0.2) is 0 Å². The number of aryl methyl sites for hydroxylation is 1. The van der Waals surface area contributed by atoms with E-state index in [9.17, 15) is 9.90 Å². The van der Waals surface area contributed by atoms with E-state index in [-0.39, 0.29) is 18.3 Å². The minimum absolute atomic E-state index is 0.0636. The van der Waals surface area contributed by atoms with Crippen LogP contribution in [0.15, 0.2) is 18.2 Å². The fourth-order valence-electron chi connectivity index (χ4n) is 1.28. The van der Waals surface area contributed by atoms with E-state index >= 15 is 0 Å². The van der Waals surface area contributed by atoms with Crippen LogP contribution in [-0.2, 0) is 9.53 Å². The van der Waals surface area contributed by atoms with Crippen molar-refractivity contribution in [1.29, 1.82) is 0 Å². The number of carbonyl (C=O) groups excluding carboxylic acids is 1. The number of ether oxygens (including phenoxy) is 1. The number of benzene rings is 1. The van der Waals surface area contributed by atoms with Gasteiger partial charge in [-0.3, -0.25) is 4.79 Å². The predicted molar refractivity (Wildman–Crippen MR) is 62.6 cm³/mol. The molecule has 4 nitrogen and oxygen atoms in total. The van der Waals surface area contributed by atoms with Crippen molar-refractivity contribution >= 4 is 11.6 Å². The van der Waals surface area contributed by atoms with Crippen LogP contribution in [0.1, 0.15) is 18.9 Å². The third-order valence-electron chi connectivity index (χ3n) is 2.07. The van der Waals surface area contributed by atoms with Crippen LogP contribution < -0.4 is 5.32 Å². The van der Waals surface area contributed by atoms with Crippen molar-refractivity contribution in [2.75, 3.05) is 18.5 Å². The van der Waals surface area contributed by atoms with Gasteiger partial charge < -0.3 is 15.2 Å². The molecule has 1 amide bonds. The highest BCUT2D eigenvalue weighted by atomic mass is 16.5. The number of anilines is 1. The van der Waals surface area contributed by atoms with Gasteiger partial charge in [0.2, 0.25) is 5.91 Å². The van der Waals surface area contributed by atoms with Crippen LogP contribution in [0.4, 0.5) is 5.69 Å². The molecule has 0 aliphatic rings. The van der Waals surface area contributed by atoms with Crippen molar-refractivity contribution < 1.29 is 14.6 Å². The first-order valence-corrected chi connectivity index (χ1v) is 5.30. The molecule has 0 aromatic heterocycles. The molecule has 0 saturated carbocycles. The lowest BCUT2D eigenvalue weighted by atomic mass is 10.2. The normalized spacial score (nSPS) is 10.1. The maximum absolute atomic E-state index is 11.4. The van der Waals surface area contributed by atoms with Crippen molar-refractivity contribution in [3.63, 3.8) is 0 Å². The molecule has 0 radical (unpaired) electrons. The van der Waals surface area contributed by atoms with Crippen LogP contribution in [0.25, 0.3) is 0 Å². The van der Waals surface area contributed by atoms with Crippen molar-refractivity contribution in [3.8, 4) is 5.75 Å². The molecular weight excluding hydrogens is 206 g/mol. The Kier molecular flexibility index (Phi) is 4.79. The number of nitrogens with one attached hydrogen (secondary N) is 1. The zero-order valence-corrected chi connectivity index (χ0v) is 9.62. The first-order chi connectivity index (χ1) is 7.63. The molecule has 0 unspecified atom stereocenters. The lowest BCUT2D eigenvalue weighted by molar-refractivity contribution is -0.120. The molecule has 0 aliphatic heterocycles. The van der Waals surface area contributed by atoms with Crippen LogP contribution in [0, 0.1) is 6.92 Å². The summed E-state index contributed by atoms with van der Waals surface area (Å²) in [4.78, 5) is 11.4. The van der Waals surface area contributed by atoms with Gasteiger partial charge in [-0.05, 0) is 37.1 Å². The fourth-order valence-corrected chi connectivity index (χ4v) is 1.28. The Bertz CT molecular complexity index is 363. The van der Waals surface area contributed by atoms with Crippen LogP contribution in [0.3, 0.4) is 0 Å². The Hall–Kier alpha value is -1.55. The van der Waals surface area contributed by atoms with Gasteiger partial charge in [-0.2, -0.15) is 0 Å². The SMILES string of the molecule is CCCOCC(=O)Nc1ccc(O)cc1C. The summed E-state index contributed by atoms with van der Waals surface area (Å²) in [5.41, 5.74) is 1.52. The molecule has 0 bridgehead atoms. The van der Waals surface area contributed by atoms with Crippen molar-refractivity contribution in [1.82, 2.24) is 0 Å². The number of hydrogen-bond acceptors (Lipinski definition) is 3. The van der Waals surface area contributed by atoms with E-state index in [0.29, 0.717) is 12.3 Å². The number of phenolic OH excluding ortho intramolecular Hbond substituents is 1. The first-order valence-electron chi connectivity index (χ1n) is 5.30. The summed E-state index contributed by atoms with van der Waals surface area (Å²) >= 11 is 0. The van der Waals surface area contributed by atoms with Gasteiger partial charge in [0.25, 0.3) is 0 Å². The summed E-state index contributed by atoms with van der Waals surface area (Å²) < 4.78 is 5.12. The molecule has 1 aromatic rings. The van der Waals surface area contributed by atoms with Crippen LogP contribution in [-0.4, -0.2) is 24.2 Å². The maximum atomic E-state index is 11.4. The largest absolute Gasteiger partial charge is 0.508 e. The molecular formula is C12H17NO3. The molecule has 2 N–H and O–H groups in total. The second-order valence-electron chi connectivity index (χ2n) is 3.60. The molecule has 16 heavy (non-hydrogen) atoms. The second-order valence-corrected chi connectivity index (χ2v) is 3.60. The van der Waals surface area contributed by atoms with Gasteiger partial charge in [0.1, 0.15) is 12.4 Å². The first kappa shape index (κ1) is 12.5. The zero-order valence-electron chi connectivity index (χ0n) is 9.62. The van der Waals surface area contributed by atoms with Crippen molar-refractivity contribution in [2.24, 2.45) is 0 Å². The summed E-state index contributed by atoms with van der Waals surface area (Å²) in [6.07, 6.45) is 0.894. The maximum Gasteiger partial charge on any atom is 0.250 e. The summed E-state index contributed by atoms with van der Waals surface area (Å²) in [6.45, 7) is 4.46. The minimum Gasteiger partial charge on any atom is -0.508 e. The zero-order chi connectivity index (χ0) is 12.0. The standard InChI is InChI=1S/C12H17NO3/c1-3-6-16-8-12(15)13-11-5-4-10(14)7-9(11)2/h4-5,7,14H,3,6,8H2,1-2H3,(H,13,15). The number of phenols is 1. The minimum atomic E-state index is -0.178. The highest BCUT2D eigenvalue weighted by Crippen LogP contribution is 2.19. The fraction of sp³-hybridized carbons (Fsp3) is 0.417. The molecule has 0 aliphatic carbocycles. The lowest BCUT2D eigenvalue weighted by Gasteiger charge is -2.08. The van der Waals surface area contributed by atoms with E-state index in [0.717, 1.165) is 12.0 Å². The quantitative estimate of drug-likeness (QED) is 0.593. The van der Waals surface area contributed by atoms with E-state index < -0.39 is 0 Å². The van der Waals surface area contributed by atoms with Gasteiger partial charge in [0.05, 0.1) is 0 Å². The van der Waals surface area contributed by atoms with Gasteiger partial charge in [-0.15, -0.1) is 0 Å². The summed E-state index contributed by atoms with van der Waals surface area (Å²) in [5, 5.41) is 11.9. The summed E-state index contributed by atoms with van der Waals surface area (Å²) in [5.74, 6) is 0.0139. The third-order valence-corrected chi connectivity index (χ3v) is 2.07. The molecule has 1 rings (SSSR count). The number of hydrogen-bond donors (Lipinski definition) is 2. The Morgan fingerprint density at radius 1 is 1.50 bits per heavy atom. The molecule has 0 atom stereocenters. The predicted octanol–water partition coefficient (Wildman–Crippen LogP) is 2.07. The Morgan fingerprint density at radius 3 is 2.88 bits per heavy atom. The summed E-state index contributed by atoms with van der Waals surface area (Å²) in [7, 11) is 0. The number of carbonyl (C=O) groups is 1. The van der Waals surface area contributed by atoms with E-state index in [2.05, 4.69) is 5.32 Å². The van der Waals surface area contributed by atoms with E-state index in [1.54, 1.807) is 12.1 Å². The van der Waals surface area contributed by atoms with E-state index in [1.807, 2.05) is 13.8 Å². The molecule has 0 saturated heterocycles. The van der Waals surface area contributed by atoms with Crippen LogP contribution in [0.5, 0.6) is 5.75 Å². The highest BCUT2D eigenvalue weighted by Gasteiger charge is 2.04. The Morgan fingerprint density at radius 2 is 2.25 bits per heavy atom. The average molecular weight is 223 g/mol. The number of rotatable bonds is 5. The van der Waals surface area contributed by atoms with Gasteiger partial charge >= 0.3 is 0 Å². The third kappa shape index (κ3) is 3.90. The Labute approximate surface area is 95.2 Å². The summed E-state index contributed by atoms with van der Waals surface area (Å²) in [6, 6.07) is 4.81. The molecule has 88 valence electrons. The van der Waals surface area contributed by atoms with Crippen molar-refractivity contribution in [2.45, 2.75) is 20.3 Å². The van der Waals surface area contributed by atoms with Crippen molar-refractivity contribution in [3.05, 3.63) is 23.8 Å². The average Bonchev–Trinajstić information content (AvgIpc) is 2.23. The molecule has 4 heteroatoms.